The van der Waals surface area contributed by atoms with Gasteiger partial charge in [0.1, 0.15) is 5.57 Å². The van der Waals surface area contributed by atoms with E-state index in [1.807, 2.05) is 10.6 Å². The van der Waals surface area contributed by atoms with Gasteiger partial charge in [-0.3, -0.25) is 30.3 Å². The van der Waals surface area contributed by atoms with Gasteiger partial charge in [-0.2, -0.15) is 8.42 Å². The number of nitro groups is 1. The quantitative estimate of drug-likeness (QED) is 0.216. The lowest BCUT2D eigenvalue weighted by Gasteiger charge is -2.14. The highest BCUT2D eigenvalue weighted by molar-refractivity contribution is 7.87. The number of nitro benzene ring substituents is 1. The Morgan fingerprint density at radius 2 is 1.65 bits per heavy atom. The van der Waals surface area contributed by atoms with Crippen LogP contribution in [0, 0.1) is 10.1 Å². The maximum Gasteiger partial charge on any atom is 0.346 e. The number of imide groups is 2. The average molecular weight is 447 g/mol. The van der Waals surface area contributed by atoms with Crippen molar-refractivity contribution < 1.29 is 36.6 Å². The number of urea groups is 1. The number of para-hydroxylation sites is 1. The van der Waals surface area contributed by atoms with Gasteiger partial charge in [0.15, 0.2) is 16.4 Å². The van der Waals surface area contributed by atoms with Gasteiger partial charge in [-0.15, -0.1) is 0 Å². The molecule has 12 nitrogen and oxygen atoms in total. The topological polar surface area (TPSA) is 171 Å². The predicted octanol–water partition coefficient (Wildman–Crippen LogP) is 1.12. The van der Waals surface area contributed by atoms with E-state index in [2.05, 4.69) is 0 Å². The van der Waals surface area contributed by atoms with E-state index in [1.165, 1.54) is 31.4 Å². The second kappa shape index (κ2) is 8.23. The minimum Gasteiger partial charge on any atom is -0.493 e. The van der Waals surface area contributed by atoms with E-state index < -0.39 is 49.0 Å². The summed E-state index contributed by atoms with van der Waals surface area (Å²) in [6, 6.07) is 7.50. The highest BCUT2D eigenvalue weighted by Gasteiger charge is 2.29. The summed E-state index contributed by atoms with van der Waals surface area (Å²) < 4.78 is 35.5. The fraction of sp³-hybridized carbons (Fsp3) is 0.0556. The van der Waals surface area contributed by atoms with Crippen molar-refractivity contribution >= 4 is 39.7 Å². The second-order valence-electron chi connectivity index (χ2n) is 5.97. The van der Waals surface area contributed by atoms with E-state index in [1.54, 1.807) is 0 Å². The molecule has 13 heteroatoms. The van der Waals surface area contributed by atoms with Crippen molar-refractivity contribution in [2.75, 3.05) is 7.11 Å². The summed E-state index contributed by atoms with van der Waals surface area (Å²) in [5, 5.41) is 15.0. The number of carbonyl (C=O) groups excluding carboxylic acids is 3. The van der Waals surface area contributed by atoms with Crippen molar-refractivity contribution in [3.05, 3.63) is 63.7 Å². The largest absolute Gasteiger partial charge is 0.493 e. The van der Waals surface area contributed by atoms with Crippen LogP contribution in [0.5, 0.6) is 11.5 Å². The Kier molecular flexibility index (Phi) is 5.70. The first-order valence-electron chi connectivity index (χ1n) is 8.36. The van der Waals surface area contributed by atoms with Crippen LogP contribution in [0.3, 0.4) is 0 Å². The number of rotatable bonds is 6. The van der Waals surface area contributed by atoms with Crippen molar-refractivity contribution in [3.8, 4) is 11.5 Å². The number of hydrogen-bond donors (Lipinski definition) is 2. The molecule has 1 heterocycles. The molecule has 1 saturated heterocycles. The van der Waals surface area contributed by atoms with Gasteiger partial charge >= 0.3 is 16.1 Å². The molecule has 0 saturated carbocycles. The molecule has 0 atom stereocenters. The third-order valence-corrected chi connectivity index (χ3v) is 5.26. The molecule has 0 spiro atoms. The van der Waals surface area contributed by atoms with E-state index in [0.717, 1.165) is 24.3 Å². The molecule has 1 aliphatic heterocycles. The molecule has 3 rings (SSSR count). The first-order chi connectivity index (χ1) is 14.6. The lowest BCUT2D eigenvalue weighted by atomic mass is 10.1. The first-order valence-corrected chi connectivity index (χ1v) is 9.77. The molecule has 0 aromatic heterocycles. The fourth-order valence-corrected chi connectivity index (χ4v) is 3.70. The number of methoxy groups -OCH3 is 1. The molecule has 160 valence electrons. The van der Waals surface area contributed by atoms with Gasteiger partial charge in [-0.25, -0.2) is 4.79 Å². The molecule has 4 amide bonds. The fourth-order valence-electron chi connectivity index (χ4n) is 2.60. The Labute approximate surface area is 174 Å². The van der Waals surface area contributed by atoms with Crippen LogP contribution in [0.25, 0.3) is 6.08 Å². The number of hydrogen-bond acceptors (Lipinski definition) is 9. The lowest BCUT2D eigenvalue weighted by molar-refractivity contribution is -0.387. The summed E-state index contributed by atoms with van der Waals surface area (Å²) in [7, 11) is -3.40. The Bertz CT molecular complexity index is 1230. The summed E-state index contributed by atoms with van der Waals surface area (Å²) >= 11 is 0. The van der Waals surface area contributed by atoms with Crippen molar-refractivity contribution in [1.82, 2.24) is 10.6 Å². The Balaban J connectivity index is 2.02. The highest BCUT2D eigenvalue weighted by atomic mass is 32.2. The van der Waals surface area contributed by atoms with Crippen LogP contribution in [-0.2, 0) is 19.7 Å². The molecule has 2 aromatic carbocycles. The van der Waals surface area contributed by atoms with Crippen LogP contribution in [0.4, 0.5) is 10.5 Å². The molecular formula is C18H13N3O9S. The third kappa shape index (κ3) is 4.51. The molecule has 0 radical (unpaired) electrons. The van der Waals surface area contributed by atoms with Crippen LogP contribution in [0.15, 0.2) is 52.9 Å². The van der Waals surface area contributed by atoms with E-state index in [9.17, 15) is 32.9 Å². The average Bonchev–Trinajstić information content (AvgIpc) is 2.70. The molecule has 0 bridgehead atoms. The van der Waals surface area contributed by atoms with Crippen LogP contribution in [0.2, 0.25) is 0 Å². The van der Waals surface area contributed by atoms with Gasteiger partial charge in [0, 0.05) is 6.07 Å². The van der Waals surface area contributed by atoms with Crippen molar-refractivity contribution in [2.24, 2.45) is 0 Å². The standard InChI is InChI=1S/C18H13N3O9S/c1-29-13-7-6-10(8-11-16(22)19-18(24)20-17(11)23)9-14(13)30-31(27,28)15-5-3-2-4-12(15)21(25)26/h2-9H,1H3,(H2,19,20,22,23,24). The van der Waals surface area contributed by atoms with E-state index in [4.69, 9.17) is 8.92 Å². The normalized spacial score (nSPS) is 13.8. The molecular weight excluding hydrogens is 434 g/mol. The zero-order valence-corrected chi connectivity index (χ0v) is 16.5. The molecule has 1 fully saturated rings. The Morgan fingerprint density at radius 1 is 1.00 bits per heavy atom. The minimum atomic E-state index is -4.65. The van der Waals surface area contributed by atoms with Gasteiger partial charge in [0.25, 0.3) is 17.5 Å². The van der Waals surface area contributed by atoms with Gasteiger partial charge in [-0.05, 0) is 29.8 Å². The summed E-state index contributed by atoms with van der Waals surface area (Å²) in [4.78, 5) is 44.5. The Hall–Kier alpha value is -4.26. The molecule has 1 aliphatic rings. The molecule has 0 aliphatic carbocycles. The van der Waals surface area contributed by atoms with E-state index in [0.29, 0.717) is 0 Å². The number of carbonyl (C=O) groups is 3. The summed E-state index contributed by atoms with van der Waals surface area (Å²) in [5.74, 6) is -2.26. The maximum absolute atomic E-state index is 12.7. The van der Waals surface area contributed by atoms with Crippen molar-refractivity contribution in [3.63, 3.8) is 0 Å². The lowest BCUT2D eigenvalue weighted by Crippen LogP contribution is -2.51. The number of benzene rings is 2. The summed E-state index contributed by atoms with van der Waals surface area (Å²) in [5.41, 5.74) is -0.930. The van der Waals surface area contributed by atoms with Gasteiger partial charge < -0.3 is 8.92 Å². The SMILES string of the molecule is COc1ccc(C=C2C(=O)NC(=O)NC2=O)cc1OS(=O)(=O)c1ccccc1[N+](=O)[O-]. The van der Waals surface area contributed by atoms with Crippen LogP contribution in [0.1, 0.15) is 5.56 Å². The van der Waals surface area contributed by atoms with Crippen LogP contribution in [-0.4, -0.2) is 38.3 Å². The van der Waals surface area contributed by atoms with Crippen LogP contribution >= 0.6 is 0 Å². The molecule has 0 unspecified atom stereocenters. The predicted molar refractivity (Wildman–Crippen MR) is 104 cm³/mol. The van der Waals surface area contributed by atoms with Gasteiger partial charge in [-0.1, -0.05) is 18.2 Å². The zero-order chi connectivity index (χ0) is 22.8. The van der Waals surface area contributed by atoms with E-state index in [-0.39, 0.29) is 17.1 Å². The van der Waals surface area contributed by atoms with Gasteiger partial charge in [0.05, 0.1) is 12.0 Å². The molecule has 31 heavy (non-hydrogen) atoms. The molecule has 2 aromatic rings. The minimum absolute atomic E-state index is 0.0305. The second-order valence-corrected chi connectivity index (χ2v) is 7.48. The number of amides is 4. The monoisotopic (exact) mass is 447 g/mol. The third-order valence-electron chi connectivity index (χ3n) is 3.97. The Morgan fingerprint density at radius 3 is 2.26 bits per heavy atom. The van der Waals surface area contributed by atoms with Gasteiger partial charge in [0.2, 0.25) is 0 Å². The zero-order valence-electron chi connectivity index (χ0n) is 15.6. The van der Waals surface area contributed by atoms with Crippen LogP contribution < -0.4 is 19.6 Å². The maximum atomic E-state index is 12.7. The summed E-state index contributed by atoms with van der Waals surface area (Å²) in [6.07, 6.45) is 1.10. The van der Waals surface area contributed by atoms with Crippen molar-refractivity contribution in [2.45, 2.75) is 4.90 Å². The highest BCUT2D eigenvalue weighted by Crippen LogP contribution is 2.33. The van der Waals surface area contributed by atoms with E-state index >= 15 is 0 Å². The first kappa shape index (κ1) is 21.4. The number of nitrogens with one attached hydrogen (secondary N) is 2. The number of nitrogens with zero attached hydrogens (tertiary/aromatic N) is 1. The molecule has 2 N–H and O–H groups in total. The number of barbiturate groups is 1. The van der Waals surface area contributed by atoms with Crippen molar-refractivity contribution in [1.29, 1.82) is 0 Å². The summed E-state index contributed by atoms with van der Waals surface area (Å²) in [6.45, 7) is 0. The number of ether oxygens (including phenoxy) is 1. The smallest absolute Gasteiger partial charge is 0.346 e.